The average molecular weight is 71.9 g/mol. The summed E-state index contributed by atoms with van der Waals surface area (Å²) in [5, 5.41) is 0. The van der Waals surface area contributed by atoms with E-state index in [1.807, 2.05) is 6.26 Å². The van der Waals surface area contributed by atoms with Crippen LogP contribution in [0, 0.1) is 0 Å². The summed E-state index contributed by atoms with van der Waals surface area (Å²) < 4.78 is 0. The monoisotopic (exact) mass is 72.0 g/mol. The molecule has 0 rings (SSSR count). The van der Waals surface area contributed by atoms with E-state index in [1.165, 1.54) is 0 Å². The minimum atomic E-state index is 1.62. The topological polar surface area (TPSA) is 0 Å². The molecule has 0 aromatic carbocycles. The van der Waals surface area contributed by atoms with Gasteiger partial charge < -0.3 is 0 Å². The van der Waals surface area contributed by atoms with Crippen LogP contribution in [-0.4, -0.2) is 18.9 Å². The van der Waals surface area contributed by atoms with Gasteiger partial charge in [-0.05, 0) is 0 Å². The number of hydrogen-bond donors (Lipinski definition) is 0. The third-order valence-corrected chi connectivity index (χ3v) is 0.500. The Hall–Kier alpha value is 0.285. The SMILES string of the molecule is C=BSC. The van der Waals surface area contributed by atoms with Crippen LogP contribution < -0.4 is 0 Å². The van der Waals surface area contributed by atoms with Gasteiger partial charge in [-0.3, -0.25) is 0 Å². The maximum absolute atomic E-state index is 3.44. The Kier molecular flexibility index (Phi) is 3.52. The first-order valence-electron chi connectivity index (χ1n) is 1.05. The molecule has 4 heavy (non-hydrogen) atoms. The van der Waals surface area contributed by atoms with E-state index in [0.29, 0.717) is 0 Å². The molecule has 0 heterocycles. The molecule has 0 atom stereocenters. The first kappa shape index (κ1) is 4.28. The predicted molar refractivity (Wildman–Crippen MR) is 26.4 cm³/mol. The molecule has 0 aliphatic heterocycles. The van der Waals surface area contributed by atoms with Crippen molar-refractivity contribution in [3.63, 3.8) is 0 Å². The Bertz CT molecular complexity index is 20.0. The van der Waals surface area contributed by atoms with Gasteiger partial charge >= 0.3 is 30.5 Å². The fourth-order valence-electron chi connectivity index (χ4n) is 0. The van der Waals surface area contributed by atoms with E-state index in [-0.39, 0.29) is 0 Å². The Morgan fingerprint density at radius 3 is 2.25 bits per heavy atom. The standard InChI is InChI=1S/C2H5BS/c1-3-4-2/h1H2,2H3. The molecule has 0 spiro atoms. The normalized spacial score (nSPS) is 5.25. The molecular weight excluding hydrogens is 66.9 g/mol. The van der Waals surface area contributed by atoms with E-state index in [0.717, 1.165) is 0 Å². The molecule has 0 fully saturated rings. The summed E-state index contributed by atoms with van der Waals surface area (Å²) in [7, 11) is 0. The van der Waals surface area contributed by atoms with Gasteiger partial charge in [0, 0.05) is 0 Å². The Balaban J connectivity index is 2.30. The summed E-state index contributed by atoms with van der Waals surface area (Å²) in [6.07, 6.45) is 3.77. The summed E-state index contributed by atoms with van der Waals surface area (Å²) >= 11 is 1.62. The van der Waals surface area contributed by atoms with Crippen LogP contribution in [-0.2, 0) is 0 Å². The van der Waals surface area contributed by atoms with Crippen molar-refractivity contribution in [3.8, 4) is 0 Å². The van der Waals surface area contributed by atoms with Gasteiger partial charge in [-0.15, -0.1) is 0 Å². The zero-order valence-electron chi connectivity index (χ0n) is 2.69. The molecule has 0 aliphatic carbocycles. The first-order valence-corrected chi connectivity index (χ1v) is 2.34. The first-order chi connectivity index (χ1) is 1.91. The van der Waals surface area contributed by atoms with Crippen molar-refractivity contribution in [2.75, 3.05) is 6.26 Å². The van der Waals surface area contributed by atoms with Crippen LogP contribution in [0.15, 0.2) is 0 Å². The van der Waals surface area contributed by atoms with Gasteiger partial charge in [0.1, 0.15) is 0 Å². The van der Waals surface area contributed by atoms with E-state index in [9.17, 15) is 0 Å². The van der Waals surface area contributed by atoms with Gasteiger partial charge in [-0.25, -0.2) is 0 Å². The molecule has 0 saturated heterocycles. The van der Waals surface area contributed by atoms with Crippen molar-refractivity contribution in [1.82, 2.24) is 0 Å². The van der Waals surface area contributed by atoms with Gasteiger partial charge in [0.25, 0.3) is 0 Å². The Morgan fingerprint density at radius 2 is 2.25 bits per heavy atom. The Morgan fingerprint density at radius 1 is 2.00 bits per heavy atom. The van der Waals surface area contributed by atoms with Crippen molar-refractivity contribution < 1.29 is 0 Å². The van der Waals surface area contributed by atoms with E-state index in [1.54, 1.807) is 17.8 Å². The van der Waals surface area contributed by atoms with Crippen LogP contribution in [0.2, 0.25) is 0 Å². The second-order valence-electron chi connectivity index (χ2n) is 0.402. The molecule has 0 radical (unpaired) electrons. The van der Waals surface area contributed by atoms with Crippen molar-refractivity contribution in [3.05, 3.63) is 0 Å². The fourth-order valence-corrected chi connectivity index (χ4v) is 0. The predicted octanol–water partition coefficient (Wildman–Crippen LogP) is 0.401. The summed E-state index contributed by atoms with van der Waals surface area (Å²) in [6.45, 7) is 3.44. The molecule has 0 aromatic rings. The Labute approximate surface area is 31.4 Å². The molecule has 2 heteroatoms. The molecule has 0 unspecified atom stereocenters. The van der Waals surface area contributed by atoms with Gasteiger partial charge in [0.2, 0.25) is 0 Å². The van der Waals surface area contributed by atoms with E-state index < -0.39 is 0 Å². The summed E-state index contributed by atoms with van der Waals surface area (Å²) in [6, 6.07) is 0. The summed E-state index contributed by atoms with van der Waals surface area (Å²) in [4.78, 5) is 0. The summed E-state index contributed by atoms with van der Waals surface area (Å²) in [5.74, 6) is 0. The molecule has 0 aliphatic rings. The van der Waals surface area contributed by atoms with Crippen LogP contribution >= 0.6 is 11.6 Å². The molecule has 22 valence electrons. The van der Waals surface area contributed by atoms with E-state index in [4.69, 9.17) is 0 Å². The number of rotatable bonds is 1. The van der Waals surface area contributed by atoms with Gasteiger partial charge in [0.05, 0.1) is 0 Å². The fraction of sp³-hybridized carbons (Fsp3) is 0.500. The average Bonchev–Trinajstić information content (AvgIpc) is 1.37. The third kappa shape index (κ3) is 2.28. The van der Waals surface area contributed by atoms with Crippen LogP contribution in [0.1, 0.15) is 0 Å². The molecule has 0 amide bonds. The van der Waals surface area contributed by atoms with E-state index in [2.05, 4.69) is 6.47 Å². The quantitative estimate of drug-likeness (QED) is 0.404. The van der Waals surface area contributed by atoms with Crippen LogP contribution in [0.3, 0.4) is 0 Å². The molecule has 0 N–H and O–H groups in total. The van der Waals surface area contributed by atoms with Gasteiger partial charge in [0.15, 0.2) is 0 Å². The molecular formula is C2H5BS. The molecule has 0 bridgehead atoms. The zero-order chi connectivity index (χ0) is 3.41. The minimum absolute atomic E-state index is 1.62. The van der Waals surface area contributed by atoms with Crippen molar-refractivity contribution in [2.24, 2.45) is 0 Å². The summed E-state index contributed by atoms with van der Waals surface area (Å²) in [5.41, 5.74) is 0. The van der Waals surface area contributed by atoms with Gasteiger partial charge in [-0.2, -0.15) is 0 Å². The molecule has 0 saturated carbocycles. The van der Waals surface area contributed by atoms with Crippen LogP contribution in [0.25, 0.3) is 0 Å². The second kappa shape index (κ2) is 3.28. The van der Waals surface area contributed by atoms with Crippen LogP contribution in [0.4, 0.5) is 0 Å². The second-order valence-corrected chi connectivity index (χ2v) is 1.21. The number of hydrogen-bond acceptors (Lipinski definition) is 1. The van der Waals surface area contributed by atoms with Gasteiger partial charge in [-0.1, -0.05) is 0 Å². The van der Waals surface area contributed by atoms with Crippen molar-refractivity contribution >= 4 is 24.3 Å². The third-order valence-electron chi connectivity index (χ3n) is 0.167. The molecule has 0 nitrogen and oxygen atoms in total. The zero-order valence-corrected chi connectivity index (χ0v) is 3.51. The van der Waals surface area contributed by atoms with E-state index >= 15 is 0 Å². The molecule has 0 aromatic heterocycles. The van der Waals surface area contributed by atoms with Crippen molar-refractivity contribution in [1.29, 1.82) is 0 Å². The van der Waals surface area contributed by atoms with Crippen molar-refractivity contribution in [2.45, 2.75) is 0 Å². The maximum atomic E-state index is 3.44. The van der Waals surface area contributed by atoms with Crippen LogP contribution in [0.5, 0.6) is 0 Å².